The van der Waals surface area contributed by atoms with E-state index in [2.05, 4.69) is 21.2 Å². The first kappa shape index (κ1) is 15.8. The van der Waals surface area contributed by atoms with E-state index >= 15 is 0 Å². The lowest BCUT2D eigenvalue weighted by atomic mass is 10.2. The zero-order valence-corrected chi connectivity index (χ0v) is 13.4. The second-order valence-electron chi connectivity index (χ2n) is 4.00. The van der Waals surface area contributed by atoms with E-state index in [1.54, 1.807) is 18.2 Å². The molecule has 1 amide bonds. The lowest BCUT2D eigenvalue weighted by Gasteiger charge is -2.08. The summed E-state index contributed by atoms with van der Waals surface area (Å²) in [4.78, 5) is 22.2. The van der Waals surface area contributed by atoms with Crippen molar-refractivity contribution in [1.29, 1.82) is 0 Å². The smallest absolute Gasteiger partial charge is 0.271 e. The van der Waals surface area contributed by atoms with Crippen molar-refractivity contribution in [3.63, 3.8) is 0 Å². The molecule has 2 aromatic carbocycles. The summed E-state index contributed by atoms with van der Waals surface area (Å²) in [6.07, 6.45) is 0. The van der Waals surface area contributed by atoms with Gasteiger partial charge in [-0.15, -0.1) is 0 Å². The molecule has 0 bridgehead atoms. The molecule has 0 unspecified atom stereocenters. The molecule has 21 heavy (non-hydrogen) atoms. The number of nitrogens with zero attached hydrogens (tertiary/aromatic N) is 1. The molecule has 1 N–H and O–H groups in total. The van der Waals surface area contributed by atoms with Crippen LogP contribution in [-0.4, -0.2) is 10.8 Å². The summed E-state index contributed by atoms with van der Waals surface area (Å²) in [7, 11) is 0. The molecule has 0 aromatic heterocycles. The average Bonchev–Trinajstić information content (AvgIpc) is 2.40. The number of nitro benzene ring substituents is 1. The number of hydrogen-bond donors (Lipinski definition) is 1. The third-order valence-electron chi connectivity index (χ3n) is 2.59. The van der Waals surface area contributed by atoms with Crippen LogP contribution in [0, 0.1) is 10.1 Å². The number of benzene rings is 2. The number of hydrogen-bond acceptors (Lipinski definition) is 3. The largest absolute Gasteiger partial charge is 0.321 e. The third-order valence-corrected chi connectivity index (χ3v) is 3.79. The Morgan fingerprint density at radius 3 is 2.48 bits per heavy atom. The Morgan fingerprint density at radius 2 is 1.90 bits per heavy atom. The number of anilines is 1. The molecular weight excluding hydrogens is 383 g/mol. The second kappa shape index (κ2) is 6.43. The fourth-order valence-corrected chi connectivity index (χ4v) is 2.67. The molecule has 0 aliphatic rings. The lowest BCUT2D eigenvalue weighted by molar-refractivity contribution is -0.384. The van der Waals surface area contributed by atoms with Crippen LogP contribution in [0.1, 0.15) is 10.4 Å². The minimum Gasteiger partial charge on any atom is -0.321 e. The minimum absolute atomic E-state index is 0.0858. The highest BCUT2D eigenvalue weighted by Crippen LogP contribution is 2.28. The van der Waals surface area contributed by atoms with E-state index in [4.69, 9.17) is 23.2 Å². The van der Waals surface area contributed by atoms with E-state index in [0.717, 1.165) is 0 Å². The molecule has 0 saturated heterocycles. The molecule has 2 aromatic rings. The fraction of sp³-hybridized carbons (Fsp3) is 0. The lowest BCUT2D eigenvalue weighted by Crippen LogP contribution is -2.12. The molecule has 0 aliphatic carbocycles. The Kier molecular flexibility index (Phi) is 4.82. The van der Waals surface area contributed by atoms with Gasteiger partial charge < -0.3 is 5.32 Å². The highest BCUT2D eigenvalue weighted by molar-refractivity contribution is 9.10. The summed E-state index contributed by atoms with van der Waals surface area (Å²) in [6.45, 7) is 0. The van der Waals surface area contributed by atoms with Crippen molar-refractivity contribution in [1.82, 2.24) is 0 Å². The number of carbonyl (C=O) groups is 1. The van der Waals surface area contributed by atoms with Gasteiger partial charge in [0.25, 0.3) is 11.6 Å². The first-order valence-corrected chi connectivity index (χ1v) is 7.13. The van der Waals surface area contributed by atoms with E-state index in [0.29, 0.717) is 15.1 Å². The van der Waals surface area contributed by atoms with E-state index in [9.17, 15) is 14.9 Å². The number of halogens is 3. The standard InChI is InChI=1S/C13H7BrCl2N2O3/c14-10-5-7(15)1-3-9(10)13(19)17-12-4-2-8(18(20)21)6-11(12)16/h1-6H,(H,17,19). The van der Waals surface area contributed by atoms with Gasteiger partial charge in [-0.1, -0.05) is 23.2 Å². The van der Waals surface area contributed by atoms with Crippen LogP contribution >= 0.6 is 39.1 Å². The van der Waals surface area contributed by atoms with Gasteiger partial charge in [0.05, 0.1) is 21.2 Å². The number of nitro groups is 1. The highest BCUT2D eigenvalue weighted by Gasteiger charge is 2.14. The number of rotatable bonds is 3. The summed E-state index contributed by atoms with van der Waals surface area (Å²) in [5.74, 6) is -0.408. The molecule has 2 rings (SSSR count). The molecule has 5 nitrogen and oxygen atoms in total. The zero-order valence-electron chi connectivity index (χ0n) is 10.3. The Morgan fingerprint density at radius 1 is 1.19 bits per heavy atom. The Balaban J connectivity index is 2.25. The van der Waals surface area contributed by atoms with Gasteiger partial charge in [-0.05, 0) is 40.2 Å². The number of amides is 1. The van der Waals surface area contributed by atoms with Crippen LogP contribution < -0.4 is 5.32 Å². The Bertz CT molecular complexity index is 737. The van der Waals surface area contributed by atoms with Gasteiger partial charge in [0, 0.05) is 21.6 Å². The molecule has 0 fully saturated rings. The van der Waals surface area contributed by atoms with Crippen molar-refractivity contribution in [3.8, 4) is 0 Å². The predicted octanol–water partition coefficient (Wildman–Crippen LogP) is 4.92. The Hall–Kier alpha value is -1.63. The summed E-state index contributed by atoms with van der Waals surface area (Å²) in [5, 5.41) is 13.8. The maximum absolute atomic E-state index is 12.1. The molecule has 108 valence electrons. The van der Waals surface area contributed by atoms with Crippen LogP contribution in [-0.2, 0) is 0 Å². The normalized spacial score (nSPS) is 10.2. The third kappa shape index (κ3) is 3.72. The number of nitrogens with one attached hydrogen (secondary N) is 1. The van der Waals surface area contributed by atoms with E-state index < -0.39 is 10.8 Å². The summed E-state index contributed by atoms with van der Waals surface area (Å²) in [6, 6.07) is 8.54. The predicted molar refractivity (Wildman–Crippen MR) is 85.2 cm³/mol. The SMILES string of the molecule is O=C(Nc1ccc([N+](=O)[O-])cc1Cl)c1ccc(Cl)cc1Br. The van der Waals surface area contributed by atoms with E-state index in [1.807, 2.05) is 0 Å². The van der Waals surface area contributed by atoms with Gasteiger partial charge in [-0.2, -0.15) is 0 Å². The maximum Gasteiger partial charge on any atom is 0.271 e. The van der Waals surface area contributed by atoms with Crippen molar-refractivity contribution in [2.24, 2.45) is 0 Å². The van der Waals surface area contributed by atoms with Gasteiger partial charge in [-0.3, -0.25) is 14.9 Å². The zero-order chi connectivity index (χ0) is 15.6. The second-order valence-corrected chi connectivity index (χ2v) is 5.70. The first-order valence-electron chi connectivity index (χ1n) is 5.59. The monoisotopic (exact) mass is 388 g/mol. The summed E-state index contributed by atoms with van der Waals surface area (Å²) < 4.78 is 0.533. The number of non-ortho nitro benzene ring substituents is 1. The molecule has 0 atom stereocenters. The van der Waals surface area contributed by atoms with Gasteiger partial charge in [-0.25, -0.2) is 0 Å². The van der Waals surface area contributed by atoms with Crippen molar-refractivity contribution >= 4 is 56.4 Å². The summed E-state index contributed by atoms with van der Waals surface area (Å²) in [5.41, 5.74) is 0.508. The average molecular weight is 390 g/mol. The van der Waals surface area contributed by atoms with Gasteiger partial charge in [0.2, 0.25) is 0 Å². The van der Waals surface area contributed by atoms with E-state index in [1.165, 1.54) is 18.2 Å². The highest BCUT2D eigenvalue weighted by atomic mass is 79.9. The minimum atomic E-state index is -0.562. The topological polar surface area (TPSA) is 72.2 Å². The Labute approximate surface area is 138 Å². The van der Waals surface area contributed by atoms with Gasteiger partial charge >= 0.3 is 0 Å². The van der Waals surface area contributed by atoms with Crippen LogP contribution in [0.4, 0.5) is 11.4 Å². The molecule has 0 radical (unpaired) electrons. The van der Waals surface area contributed by atoms with Crippen LogP contribution in [0.2, 0.25) is 10.0 Å². The number of carbonyl (C=O) groups excluding carboxylic acids is 1. The van der Waals surface area contributed by atoms with Crippen LogP contribution in [0.15, 0.2) is 40.9 Å². The van der Waals surface area contributed by atoms with Crippen LogP contribution in [0.25, 0.3) is 0 Å². The first-order chi connectivity index (χ1) is 9.88. The van der Waals surface area contributed by atoms with Crippen molar-refractivity contribution < 1.29 is 9.72 Å². The van der Waals surface area contributed by atoms with Gasteiger partial charge in [0.1, 0.15) is 0 Å². The van der Waals surface area contributed by atoms with Crippen molar-refractivity contribution in [2.45, 2.75) is 0 Å². The molecule has 0 aliphatic heterocycles. The molecule has 0 heterocycles. The molecule has 0 spiro atoms. The molecule has 0 saturated carbocycles. The molecular formula is C13H7BrCl2N2O3. The fourth-order valence-electron chi connectivity index (χ4n) is 1.58. The van der Waals surface area contributed by atoms with E-state index in [-0.39, 0.29) is 16.4 Å². The van der Waals surface area contributed by atoms with Crippen LogP contribution in [0.5, 0.6) is 0 Å². The van der Waals surface area contributed by atoms with Crippen molar-refractivity contribution in [2.75, 3.05) is 5.32 Å². The quantitative estimate of drug-likeness (QED) is 0.598. The van der Waals surface area contributed by atoms with Crippen molar-refractivity contribution in [3.05, 3.63) is 66.6 Å². The summed E-state index contributed by atoms with van der Waals surface area (Å²) >= 11 is 15.0. The molecule has 8 heteroatoms. The van der Waals surface area contributed by atoms with Gasteiger partial charge in [0.15, 0.2) is 0 Å². The van der Waals surface area contributed by atoms with Crippen LogP contribution in [0.3, 0.4) is 0 Å². The maximum atomic E-state index is 12.1.